The third-order valence-corrected chi connectivity index (χ3v) is 6.01. The van der Waals surface area contributed by atoms with Crippen molar-refractivity contribution in [3.63, 3.8) is 0 Å². The van der Waals surface area contributed by atoms with E-state index < -0.39 is 10.0 Å². The minimum absolute atomic E-state index is 0.0331. The van der Waals surface area contributed by atoms with E-state index in [-0.39, 0.29) is 28.5 Å². The van der Waals surface area contributed by atoms with Crippen LogP contribution in [-0.2, 0) is 21.2 Å². The number of carbonyl (C=O) groups excluding carboxylic acids is 1. The van der Waals surface area contributed by atoms with Crippen LogP contribution in [0.15, 0.2) is 35.2 Å². The van der Waals surface area contributed by atoms with Crippen molar-refractivity contribution in [2.24, 2.45) is 0 Å². The summed E-state index contributed by atoms with van der Waals surface area (Å²) in [5, 5.41) is 3.17. The minimum atomic E-state index is -4.11. The summed E-state index contributed by atoms with van der Waals surface area (Å²) in [6.45, 7) is 0.753. The lowest BCUT2D eigenvalue weighted by Gasteiger charge is -2.21. The highest BCUT2D eigenvalue weighted by Gasteiger charge is 2.28. The molecule has 27 heavy (non-hydrogen) atoms. The Labute approximate surface area is 157 Å². The Morgan fingerprint density at radius 1 is 1.04 bits per heavy atom. The fourth-order valence-corrected chi connectivity index (χ4v) is 4.26. The lowest BCUT2D eigenvalue weighted by Crippen LogP contribution is -2.29. The number of rotatable bonds is 7. The van der Waals surface area contributed by atoms with Crippen molar-refractivity contribution in [1.82, 2.24) is 0 Å². The molecule has 3 rings (SSSR count). The van der Waals surface area contributed by atoms with E-state index in [0.717, 1.165) is 24.2 Å². The molecule has 2 aromatic carbocycles. The van der Waals surface area contributed by atoms with Crippen molar-refractivity contribution in [2.75, 3.05) is 37.5 Å². The molecule has 1 heterocycles. The molecular formula is C18H20N2O6S. The van der Waals surface area contributed by atoms with Gasteiger partial charge in [-0.25, -0.2) is 12.7 Å². The normalized spacial score (nSPS) is 12.7. The van der Waals surface area contributed by atoms with Gasteiger partial charge in [-0.15, -0.1) is 0 Å². The van der Waals surface area contributed by atoms with E-state index >= 15 is 0 Å². The number of benzene rings is 2. The minimum Gasteiger partial charge on any atom is -0.493 e. The second kappa shape index (κ2) is 7.36. The first kappa shape index (κ1) is 18.8. The molecule has 0 unspecified atom stereocenters. The van der Waals surface area contributed by atoms with E-state index in [4.69, 9.17) is 14.2 Å². The SMILES string of the molecule is COc1cc(N(C=O)S(=O)(=O)c2ccc3c(c2)CCN3)cc(OC)c1OC. The Balaban J connectivity index is 2.10. The predicted octanol–water partition coefficient (Wildman–Crippen LogP) is 2.03. The van der Waals surface area contributed by atoms with Gasteiger partial charge in [-0.3, -0.25) is 4.79 Å². The van der Waals surface area contributed by atoms with Gasteiger partial charge in [0.05, 0.1) is 31.9 Å². The maximum Gasteiger partial charge on any atom is 0.270 e. The summed E-state index contributed by atoms with van der Waals surface area (Å²) in [5.74, 6) is 0.787. The van der Waals surface area contributed by atoms with Crippen molar-refractivity contribution in [3.05, 3.63) is 35.9 Å². The van der Waals surface area contributed by atoms with E-state index in [9.17, 15) is 13.2 Å². The topological polar surface area (TPSA) is 94.2 Å². The number of nitrogens with one attached hydrogen (secondary N) is 1. The highest BCUT2D eigenvalue weighted by atomic mass is 32.2. The number of methoxy groups -OCH3 is 3. The van der Waals surface area contributed by atoms with Gasteiger partial charge in [0.15, 0.2) is 11.5 Å². The van der Waals surface area contributed by atoms with Gasteiger partial charge in [0, 0.05) is 24.4 Å². The number of carbonyl (C=O) groups is 1. The van der Waals surface area contributed by atoms with Crippen molar-refractivity contribution in [1.29, 1.82) is 0 Å². The van der Waals surface area contributed by atoms with Gasteiger partial charge in [-0.2, -0.15) is 0 Å². The lowest BCUT2D eigenvalue weighted by molar-refractivity contribution is -0.106. The van der Waals surface area contributed by atoms with Crippen LogP contribution in [0.1, 0.15) is 5.56 Å². The standard InChI is InChI=1S/C18H20N2O6S/c1-24-16-9-13(10-17(25-2)18(16)26-3)20(11-21)27(22,23)14-4-5-15-12(8-14)6-7-19-15/h4-5,8-11,19H,6-7H2,1-3H3. The molecule has 1 aliphatic heterocycles. The van der Waals surface area contributed by atoms with E-state index in [0.29, 0.717) is 10.1 Å². The van der Waals surface area contributed by atoms with Gasteiger partial charge >= 0.3 is 0 Å². The first-order valence-electron chi connectivity index (χ1n) is 8.12. The molecule has 9 heteroatoms. The molecule has 0 bridgehead atoms. The Bertz CT molecular complexity index is 949. The fraction of sp³-hybridized carbons (Fsp3) is 0.278. The van der Waals surface area contributed by atoms with Crippen LogP contribution in [0.25, 0.3) is 0 Å². The van der Waals surface area contributed by atoms with Crippen molar-refractivity contribution in [3.8, 4) is 17.2 Å². The Hall–Kier alpha value is -2.94. The van der Waals surface area contributed by atoms with Gasteiger partial charge in [0.2, 0.25) is 12.2 Å². The summed E-state index contributed by atoms with van der Waals surface area (Å²) in [4.78, 5) is 11.8. The number of nitrogens with zero attached hydrogens (tertiary/aromatic N) is 1. The van der Waals surface area contributed by atoms with E-state index in [2.05, 4.69) is 5.32 Å². The van der Waals surface area contributed by atoms with Gasteiger partial charge in [0.1, 0.15) is 0 Å². The van der Waals surface area contributed by atoms with Crippen LogP contribution in [0, 0.1) is 0 Å². The first-order valence-corrected chi connectivity index (χ1v) is 9.56. The van der Waals surface area contributed by atoms with Crippen LogP contribution < -0.4 is 23.8 Å². The second-order valence-electron chi connectivity index (χ2n) is 5.79. The molecule has 0 radical (unpaired) electrons. The van der Waals surface area contributed by atoms with Crippen LogP contribution in [0.4, 0.5) is 11.4 Å². The maximum absolute atomic E-state index is 13.1. The molecule has 0 saturated heterocycles. The summed E-state index contributed by atoms with van der Waals surface area (Å²) in [6, 6.07) is 7.57. The average molecular weight is 392 g/mol. The highest BCUT2D eigenvalue weighted by Crippen LogP contribution is 2.42. The summed E-state index contributed by atoms with van der Waals surface area (Å²) in [7, 11) is 0.150. The Morgan fingerprint density at radius 2 is 1.70 bits per heavy atom. The molecule has 0 aromatic heterocycles. The van der Waals surface area contributed by atoms with Gasteiger partial charge in [-0.1, -0.05) is 0 Å². The summed E-state index contributed by atoms with van der Waals surface area (Å²) < 4.78 is 42.5. The second-order valence-corrected chi connectivity index (χ2v) is 7.60. The molecule has 1 N–H and O–H groups in total. The summed E-state index contributed by atoms with van der Waals surface area (Å²) in [5.41, 5.74) is 1.88. The van der Waals surface area contributed by atoms with Crippen molar-refractivity contribution in [2.45, 2.75) is 11.3 Å². The third kappa shape index (κ3) is 3.25. The number of anilines is 2. The predicted molar refractivity (Wildman–Crippen MR) is 100 cm³/mol. The molecule has 0 atom stereocenters. The molecule has 1 amide bonds. The number of hydrogen-bond donors (Lipinski definition) is 1. The maximum atomic E-state index is 13.1. The number of amides is 1. The molecule has 0 fully saturated rings. The first-order chi connectivity index (χ1) is 13.0. The zero-order valence-corrected chi connectivity index (χ0v) is 16.0. The third-order valence-electron chi connectivity index (χ3n) is 4.34. The molecular weight excluding hydrogens is 372 g/mol. The molecule has 0 spiro atoms. The summed E-state index contributed by atoms with van der Waals surface area (Å²) >= 11 is 0. The molecule has 2 aromatic rings. The number of fused-ring (bicyclic) bond motifs is 1. The Kier molecular flexibility index (Phi) is 5.13. The van der Waals surface area contributed by atoms with Crippen LogP contribution in [-0.4, -0.2) is 42.7 Å². The van der Waals surface area contributed by atoms with E-state index in [1.165, 1.54) is 39.5 Å². The van der Waals surface area contributed by atoms with Crippen molar-refractivity contribution < 1.29 is 27.4 Å². The van der Waals surface area contributed by atoms with Crippen LogP contribution in [0.3, 0.4) is 0 Å². The average Bonchev–Trinajstić information content (AvgIpc) is 3.15. The molecule has 0 aliphatic carbocycles. The highest BCUT2D eigenvalue weighted by molar-refractivity contribution is 7.93. The van der Waals surface area contributed by atoms with Gasteiger partial charge < -0.3 is 19.5 Å². The molecule has 1 aliphatic rings. The van der Waals surface area contributed by atoms with Crippen molar-refractivity contribution >= 4 is 27.8 Å². The molecule has 144 valence electrons. The van der Waals surface area contributed by atoms with Crippen LogP contribution in [0.5, 0.6) is 17.2 Å². The number of hydrogen-bond acceptors (Lipinski definition) is 7. The molecule has 0 saturated carbocycles. The largest absolute Gasteiger partial charge is 0.493 e. The van der Waals surface area contributed by atoms with Crippen LogP contribution in [0.2, 0.25) is 0 Å². The smallest absolute Gasteiger partial charge is 0.270 e. The quantitative estimate of drug-likeness (QED) is 0.721. The number of ether oxygens (including phenoxy) is 3. The zero-order chi connectivity index (χ0) is 19.6. The number of sulfonamides is 1. The lowest BCUT2D eigenvalue weighted by atomic mass is 10.2. The summed E-state index contributed by atoms with van der Waals surface area (Å²) in [6.07, 6.45) is 0.978. The zero-order valence-electron chi connectivity index (χ0n) is 15.2. The monoisotopic (exact) mass is 392 g/mol. The fourth-order valence-electron chi connectivity index (χ4n) is 3.01. The Morgan fingerprint density at radius 3 is 2.26 bits per heavy atom. The van der Waals surface area contributed by atoms with Crippen LogP contribution >= 0.6 is 0 Å². The van der Waals surface area contributed by atoms with Gasteiger partial charge in [0.25, 0.3) is 10.0 Å². The van der Waals surface area contributed by atoms with E-state index in [1.807, 2.05) is 0 Å². The molecule has 8 nitrogen and oxygen atoms in total. The van der Waals surface area contributed by atoms with Gasteiger partial charge in [-0.05, 0) is 30.2 Å². The van der Waals surface area contributed by atoms with E-state index in [1.54, 1.807) is 12.1 Å².